The first-order valence-corrected chi connectivity index (χ1v) is 6.63. The van der Waals surface area contributed by atoms with Crippen molar-refractivity contribution in [1.29, 1.82) is 0 Å². The van der Waals surface area contributed by atoms with E-state index in [9.17, 15) is 4.79 Å². The summed E-state index contributed by atoms with van der Waals surface area (Å²) in [6.45, 7) is 1.89. The lowest BCUT2D eigenvalue weighted by atomic mass is 10.1. The van der Waals surface area contributed by atoms with Gasteiger partial charge in [-0.05, 0) is 42.8 Å². The molecule has 0 unspecified atom stereocenters. The van der Waals surface area contributed by atoms with Crippen LogP contribution in [-0.4, -0.2) is 5.91 Å². The number of hydrogen-bond donors (Lipinski definition) is 1. The second kappa shape index (κ2) is 5.83. The number of amides is 1. The highest BCUT2D eigenvalue weighted by atomic mass is 35.5. The van der Waals surface area contributed by atoms with E-state index in [1.807, 2.05) is 13.0 Å². The second-order valence-corrected chi connectivity index (χ2v) is 5.29. The molecule has 0 spiro atoms. The lowest BCUT2D eigenvalue weighted by molar-refractivity contribution is 0.102. The number of aryl methyl sites for hydroxylation is 1. The number of rotatable bonds is 2. The molecule has 0 aliphatic rings. The molecule has 0 saturated carbocycles. The van der Waals surface area contributed by atoms with Crippen LogP contribution in [0.4, 0.5) is 5.69 Å². The van der Waals surface area contributed by atoms with E-state index < -0.39 is 0 Å². The fourth-order valence-corrected chi connectivity index (χ4v) is 2.03. The third-order valence-corrected chi connectivity index (χ3v) is 3.60. The number of halogens is 3. The molecule has 98 valence electrons. The molecule has 0 bridgehead atoms. The van der Waals surface area contributed by atoms with E-state index in [0.29, 0.717) is 26.3 Å². The molecule has 0 aliphatic carbocycles. The lowest BCUT2D eigenvalue weighted by Gasteiger charge is -2.09. The highest BCUT2D eigenvalue weighted by molar-refractivity contribution is 6.42. The van der Waals surface area contributed by atoms with Crippen molar-refractivity contribution in [2.75, 3.05) is 5.32 Å². The summed E-state index contributed by atoms with van der Waals surface area (Å²) in [7, 11) is 0. The highest BCUT2D eigenvalue weighted by Gasteiger charge is 2.10. The molecule has 1 amide bonds. The fraction of sp³-hybridized carbons (Fsp3) is 0.0714. The Morgan fingerprint density at radius 2 is 1.74 bits per heavy atom. The lowest BCUT2D eigenvalue weighted by Crippen LogP contribution is -2.12. The molecule has 0 atom stereocenters. The van der Waals surface area contributed by atoms with E-state index in [2.05, 4.69) is 5.32 Å². The zero-order valence-corrected chi connectivity index (χ0v) is 12.3. The molecule has 0 saturated heterocycles. The SMILES string of the molecule is Cc1ccc(Cl)cc1NC(=O)c1ccc(Cl)c(Cl)c1. The van der Waals surface area contributed by atoms with E-state index in [4.69, 9.17) is 34.8 Å². The molecule has 5 heteroatoms. The standard InChI is InChI=1S/C14H10Cl3NO/c1-8-2-4-10(15)7-13(8)18-14(19)9-3-5-11(16)12(17)6-9/h2-7H,1H3,(H,18,19). The maximum Gasteiger partial charge on any atom is 0.255 e. The molecule has 2 nitrogen and oxygen atoms in total. The molecule has 0 heterocycles. The smallest absolute Gasteiger partial charge is 0.255 e. The Morgan fingerprint density at radius 3 is 2.42 bits per heavy atom. The van der Waals surface area contributed by atoms with Crippen molar-refractivity contribution in [2.45, 2.75) is 6.92 Å². The molecule has 0 aromatic heterocycles. The average molecular weight is 315 g/mol. The second-order valence-electron chi connectivity index (χ2n) is 4.04. The average Bonchev–Trinajstić information content (AvgIpc) is 2.37. The van der Waals surface area contributed by atoms with E-state index in [-0.39, 0.29) is 5.91 Å². The first-order chi connectivity index (χ1) is 8.97. The van der Waals surface area contributed by atoms with Gasteiger partial charge in [-0.15, -0.1) is 0 Å². The highest BCUT2D eigenvalue weighted by Crippen LogP contribution is 2.24. The van der Waals surface area contributed by atoms with Crippen LogP contribution >= 0.6 is 34.8 Å². The monoisotopic (exact) mass is 313 g/mol. The Balaban J connectivity index is 2.25. The molecule has 1 N–H and O–H groups in total. The van der Waals surface area contributed by atoms with Crippen LogP contribution in [0.1, 0.15) is 15.9 Å². The van der Waals surface area contributed by atoms with Crippen LogP contribution in [0, 0.1) is 6.92 Å². The van der Waals surface area contributed by atoms with Gasteiger partial charge in [0, 0.05) is 16.3 Å². The van der Waals surface area contributed by atoms with Gasteiger partial charge in [0.15, 0.2) is 0 Å². The fourth-order valence-electron chi connectivity index (χ4n) is 1.56. The molecule has 2 aromatic carbocycles. The van der Waals surface area contributed by atoms with Crippen molar-refractivity contribution in [3.05, 3.63) is 62.6 Å². The van der Waals surface area contributed by atoms with Crippen LogP contribution in [0.15, 0.2) is 36.4 Å². The Kier molecular flexibility index (Phi) is 4.35. The van der Waals surface area contributed by atoms with E-state index in [1.54, 1.807) is 24.3 Å². The Hall–Kier alpha value is -1.22. The van der Waals surface area contributed by atoms with Gasteiger partial charge in [-0.25, -0.2) is 0 Å². The Labute approximate surface area is 126 Å². The zero-order valence-electron chi connectivity index (χ0n) is 10.0. The minimum Gasteiger partial charge on any atom is -0.322 e. The summed E-state index contributed by atoms with van der Waals surface area (Å²) < 4.78 is 0. The third-order valence-electron chi connectivity index (χ3n) is 2.63. The molecule has 0 radical (unpaired) electrons. The summed E-state index contributed by atoms with van der Waals surface area (Å²) in [5.74, 6) is -0.260. The normalized spacial score (nSPS) is 10.3. The summed E-state index contributed by atoms with van der Waals surface area (Å²) in [5.41, 5.74) is 2.04. The Morgan fingerprint density at radius 1 is 1.00 bits per heavy atom. The van der Waals surface area contributed by atoms with Crippen LogP contribution in [0.25, 0.3) is 0 Å². The summed E-state index contributed by atoms with van der Waals surface area (Å²) in [6, 6.07) is 10.0. The van der Waals surface area contributed by atoms with Crippen molar-refractivity contribution < 1.29 is 4.79 Å². The van der Waals surface area contributed by atoms with Gasteiger partial charge in [-0.3, -0.25) is 4.79 Å². The Bertz CT molecular complexity index is 641. The van der Waals surface area contributed by atoms with Crippen LogP contribution in [0.5, 0.6) is 0 Å². The number of hydrogen-bond acceptors (Lipinski definition) is 1. The van der Waals surface area contributed by atoms with Gasteiger partial charge in [0.2, 0.25) is 0 Å². The molecule has 0 aliphatic heterocycles. The zero-order chi connectivity index (χ0) is 14.0. The molecular weight excluding hydrogens is 305 g/mol. The largest absolute Gasteiger partial charge is 0.322 e. The van der Waals surface area contributed by atoms with Crippen molar-refractivity contribution >= 4 is 46.4 Å². The first kappa shape index (κ1) is 14.2. The van der Waals surface area contributed by atoms with Gasteiger partial charge in [0.25, 0.3) is 5.91 Å². The van der Waals surface area contributed by atoms with E-state index >= 15 is 0 Å². The summed E-state index contributed by atoms with van der Waals surface area (Å²) in [4.78, 5) is 12.1. The summed E-state index contributed by atoms with van der Waals surface area (Å²) in [5, 5.41) is 4.11. The van der Waals surface area contributed by atoms with Crippen molar-refractivity contribution in [3.63, 3.8) is 0 Å². The molecule has 0 fully saturated rings. The van der Waals surface area contributed by atoms with Gasteiger partial charge in [0.1, 0.15) is 0 Å². The minimum absolute atomic E-state index is 0.260. The van der Waals surface area contributed by atoms with Crippen LogP contribution in [0.2, 0.25) is 15.1 Å². The van der Waals surface area contributed by atoms with Crippen molar-refractivity contribution in [1.82, 2.24) is 0 Å². The van der Waals surface area contributed by atoms with Crippen molar-refractivity contribution in [3.8, 4) is 0 Å². The summed E-state index contributed by atoms with van der Waals surface area (Å²) in [6.07, 6.45) is 0. The maximum atomic E-state index is 12.1. The van der Waals surface area contributed by atoms with Crippen LogP contribution in [0.3, 0.4) is 0 Å². The van der Waals surface area contributed by atoms with Crippen molar-refractivity contribution in [2.24, 2.45) is 0 Å². The molecule has 19 heavy (non-hydrogen) atoms. The van der Waals surface area contributed by atoms with E-state index in [0.717, 1.165) is 5.56 Å². The van der Waals surface area contributed by atoms with E-state index in [1.165, 1.54) is 6.07 Å². The maximum absolute atomic E-state index is 12.1. The van der Waals surface area contributed by atoms with Crippen LogP contribution in [-0.2, 0) is 0 Å². The predicted molar refractivity (Wildman–Crippen MR) is 80.6 cm³/mol. The quantitative estimate of drug-likeness (QED) is 0.810. The van der Waals surface area contributed by atoms with Gasteiger partial charge < -0.3 is 5.32 Å². The first-order valence-electron chi connectivity index (χ1n) is 5.50. The number of nitrogens with one attached hydrogen (secondary N) is 1. The predicted octanol–water partition coefficient (Wildman–Crippen LogP) is 5.21. The molecular formula is C14H10Cl3NO. The van der Waals surface area contributed by atoms with Gasteiger partial charge >= 0.3 is 0 Å². The number of carbonyl (C=O) groups excluding carboxylic acids is 1. The van der Waals surface area contributed by atoms with Gasteiger partial charge in [0.05, 0.1) is 10.0 Å². The summed E-state index contributed by atoms with van der Waals surface area (Å²) >= 11 is 17.6. The molecule has 2 rings (SSSR count). The number of benzene rings is 2. The topological polar surface area (TPSA) is 29.1 Å². The number of carbonyl (C=O) groups is 1. The third kappa shape index (κ3) is 3.41. The van der Waals surface area contributed by atoms with Crippen LogP contribution < -0.4 is 5.32 Å². The minimum atomic E-state index is -0.260. The molecule has 2 aromatic rings. The number of anilines is 1. The van der Waals surface area contributed by atoms with Gasteiger partial charge in [-0.2, -0.15) is 0 Å². The van der Waals surface area contributed by atoms with Gasteiger partial charge in [-0.1, -0.05) is 40.9 Å².